The van der Waals surface area contributed by atoms with E-state index in [4.69, 9.17) is 4.74 Å². The molecule has 0 fully saturated rings. The van der Waals surface area contributed by atoms with Crippen molar-refractivity contribution in [2.24, 2.45) is 4.99 Å². The Labute approximate surface area is 173 Å². The average Bonchev–Trinajstić information content (AvgIpc) is 2.63. The third-order valence-electron chi connectivity index (χ3n) is 3.23. The zero-order valence-corrected chi connectivity index (χ0v) is 17.1. The van der Waals surface area contributed by atoms with Crippen molar-refractivity contribution in [1.29, 1.82) is 0 Å². The fraction of sp³-hybridized carbons (Fsp3) is 0.333. The molecule has 0 aliphatic rings. The van der Waals surface area contributed by atoms with Gasteiger partial charge in [0.1, 0.15) is 5.75 Å². The molecule has 0 spiro atoms. The minimum Gasteiger partial charge on any atom is -0.484 e. The number of pyridine rings is 1. The molecule has 5 nitrogen and oxygen atoms in total. The summed E-state index contributed by atoms with van der Waals surface area (Å²) < 4.78 is 41.5. The molecular formula is C18H22F3IN4O. The summed E-state index contributed by atoms with van der Waals surface area (Å²) in [7, 11) is 0. The highest BCUT2D eigenvalue weighted by Crippen LogP contribution is 2.19. The van der Waals surface area contributed by atoms with E-state index in [0.717, 1.165) is 11.3 Å². The number of halogens is 4. The molecule has 0 aliphatic heterocycles. The van der Waals surface area contributed by atoms with Crippen LogP contribution in [0, 0.1) is 0 Å². The number of guanidine groups is 1. The maximum absolute atomic E-state index is 12.2. The molecule has 2 N–H and O–H groups in total. The lowest BCUT2D eigenvalue weighted by molar-refractivity contribution is -0.153. The van der Waals surface area contributed by atoms with Gasteiger partial charge in [0.2, 0.25) is 0 Å². The van der Waals surface area contributed by atoms with Crippen LogP contribution in [0.25, 0.3) is 0 Å². The maximum atomic E-state index is 12.2. The van der Waals surface area contributed by atoms with E-state index >= 15 is 0 Å². The van der Waals surface area contributed by atoms with Gasteiger partial charge in [0.15, 0.2) is 12.6 Å². The number of aliphatic imine (C=N–C) groups is 1. The predicted molar refractivity (Wildman–Crippen MR) is 109 cm³/mol. The standard InChI is InChI=1S/C18H21F3N4O.HI/c1-2-22-17(25-12-15-7-3-4-9-23-15)24-11-14-6-5-8-16(10-14)26-13-18(19,20)21;/h3-10H,2,11-13H2,1H3,(H2,22,24,25);1H. The summed E-state index contributed by atoms with van der Waals surface area (Å²) in [5, 5.41) is 6.28. The molecular weight excluding hydrogens is 472 g/mol. The van der Waals surface area contributed by atoms with Gasteiger partial charge < -0.3 is 15.4 Å². The fourth-order valence-electron chi connectivity index (χ4n) is 2.09. The van der Waals surface area contributed by atoms with Crippen LogP contribution in [0.2, 0.25) is 0 Å². The summed E-state index contributed by atoms with van der Waals surface area (Å²) in [5.41, 5.74) is 1.63. The first-order valence-corrected chi connectivity index (χ1v) is 8.17. The third-order valence-corrected chi connectivity index (χ3v) is 3.23. The molecule has 1 heterocycles. The van der Waals surface area contributed by atoms with Crippen molar-refractivity contribution >= 4 is 29.9 Å². The van der Waals surface area contributed by atoms with Crippen molar-refractivity contribution in [3.05, 3.63) is 59.9 Å². The van der Waals surface area contributed by atoms with Gasteiger partial charge in [0.05, 0.1) is 18.8 Å². The Balaban J connectivity index is 0.00000364. The van der Waals surface area contributed by atoms with E-state index in [1.807, 2.05) is 25.1 Å². The number of nitrogens with zero attached hydrogens (tertiary/aromatic N) is 2. The lowest BCUT2D eigenvalue weighted by atomic mass is 10.2. The summed E-state index contributed by atoms with van der Waals surface area (Å²) in [6, 6.07) is 12.1. The van der Waals surface area contributed by atoms with Crippen LogP contribution in [-0.4, -0.2) is 30.3 Å². The Kier molecular flexibility index (Phi) is 9.90. The summed E-state index contributed by atoms with van der Waals surface area (Å²) >= 11 is 0. The third kappa shape index (κ3) is 9.45. The van der Waals surface area contributed by atoms with E-state index in [-0.39, 0.29) is 29.7 Å². The molecule has 148 valence electrons. The van der Waals surface area contributed by atoms with Gasteiger partial charge in [-0.05, 0) is 36.8 Å². The Morgan fingerprint density at radius 2 is 1.96 bits per heavy atom. The van der Waals surface area contributed by atoms with Crippen LogP contribution in [0.5, 0.6) is 5.75 Å². The van der Waals surface area contributed by atoms with Crippen molar-refractivity contribution in [1.82, 2.24) is 15.6 Å². The molecule has 0 amide bonds. The molecule has 0 atom stereocenters. The van der Waals surface area contributed by atoms with Gasteiger partial charge in [-0.3, -0.25) is 4.98 Å². The highest BCUT2D eigenvalue weighted by atomic mass is 127. The van der Waals surface area contributed by atoms with Crippen LogP contribution in [0.3, 0.4) is 0 Å². The topological polar surface area (TPSA) is 58.5 Å². The monoisotopic (exact) mass is 494 g/mol. The number of aromatic nitrogens is 1. The van der Waals surface area contributed by atoms with Crippen LogP contribution in [0.1, 0.15) is 18.2 Å². The van der Waals surface area contributed by atoms with Gasteiger partial charge in [-0.25, -0.2) is 4.99 Å². The molecule has 1 aromatic heterocycles. The van der Waals surface area contributed by atoms with Crippen LogP contribution >= 0.6 is 24.0 Å². The normalized spacial score (nSPS) is 11.5. The smallest absolute Gasteiger partial charge is 0.422 e. The number of hydrogen-bond acceptors (Lipinski definition) is 3. The number of nitrogens with one attached hydrogen (secondary N) is 2. The van der Waals surface area contributed by atoms with Crippen molar-refractivity contribution in [3.8, 4) is 5.75 Å². The fourth-order valence-corrected chi connectivity index (χ4v) is 2.09. The number of alkyl halides is 3. The lowest BCUT2D eigenvalue weighted by Gasteiger charge is -2.12. The first-order chi connectivity index (χ1) is 12.5. The van der Waals surface area contributed by atoms with Gasteiger partial charge in [-0.1, -0.05) is 18.2 Å². The zero-order chi connectivity index (χ0) is 18.8. The van der Waals surface area contributed by atoms with Gasteiger partial charge >= 0.3 is 6.18 Å². The molecule has 27 heavy (non-hydrogen) atoms. The maximum Gasteiger partial charge on any atom is 0.422 e. The summed E-state index contributed by atoms with van der Waals surface area (Å²) in [5.74, 6) is 0.765. The molecule has 2 rings (SSSR count). The Morgan fingerprint density at radius 1 is 1.15 bits per heavy atom. The quantitative estimate of drug-likeness (QED) is 0.349. The highest BCUT2D eigenvalue weighted by molar-refractivity contribution is 14.0. The Bertz CT molecular complexity index is 711. The summed E-state index contributed by atoms with van der Waals surface area (Å²) in [4.78, 5) is 8.66. The van der Waals surface area contributed by atoms with Crippen LogP contribution in [0.4, 0.5) is 13.2 Å². The molecule has 9 heteroatoms. The van der Waals surface area contributed by atoms with Crippen molar-refractivity contribution in [3.63, 3.8) is 0 Å². The summed E-state index contributed by atoms with van der Waals surface area (Å²) in [6.45, 7) is 2.14. The first-order valence-electron chi connectivity index (χ1n) is 8.17. The lowest BCUT2D eigenvalue weighted by Crippen LogP contribution is -2.37. The largest absolute Gasteiger partial charge is 0.484 e. The van der Waals surface area contributed by atoms with E-state index in [1.54, 1.807) is 24.4 Å². The zero-order valence-electron chi connectivity index (χ0n) is 14.8. The highest BCUT2D eigenvalue weighted by Gasteiger charge is 2.28. The second-order valence-electron chi connectivity index (χ2n) is 5.42. The minimum absolute atomic E-state index is 0. The van der Waals surface area contributed by atoms with Crippen molar-refractivity contribution in [2.75, 3.05) is 13.2 Å². The van der Waals surface area contributed by atoms with Crippen LogP contribution in [0.15, 0.2) is 53.7 Å². The SMILES string of the molecule is CCNC(=NCc1cccc(OCC(F)(F)F)c1)NCc1ccccn1.I. The Hall–Kier alpha value is -2.04. The van der Waals surface area contributed by atoms with Crippen LogP contribution in [-0.2, 0) is 13.1 Å². The molecule has 0 aliphatic carbocycles. The minimum atomic E-state index is -4.36. The number of benzene rings is 1. The second kappa shape index (κ2) is 11.6. The van der Waals surface area contributed by atoms with Gasteiger partial charge in [0, 0.05) is 12.7 Å². The van der Waals surface area contributed by atoms with Gasteiger partial charge in [-0.2, -0.15) is 13.2 Å². The Morgan fingerprint density at radius 3 is 2.63 bits per heavy atom. The first kappa shape index (κ1) is 23.0. The number of hydrogen-bond donors (Lipinski definition) is 2. The molecule has 0 radical (unpaired) electrons. The predicted octanol–water partition coefficient (Wildman–Crippen LogP) is 3.90. The average molecular weight is 494 g/mol. The van der Waals surface area contributed by atoms with Crippen LogP contribution < -0.4 is 15.4 Å². The molecule has 0 bridgehead atoms. The van der Waals surface area contributed by atoms with Crippen molar-refractivity contribution < 1.29 is 17.9 Å². The molecule has 2 aromatic rings. The number of rotatable bonds is 7. The van der Waals surface area contributed by atoms with Gasteiger partial charge in [-0.15, -0.1) is 24.0 Å². The summed E-state index contributed by atoms with van der Waals surface area (Å²) in [6.07, 6.45) is -2.64. The van der Waals surface area contributed by atoms with E-state index in [2.05, 4.69) is 20.6 Å². The van der Waals surface area contributed by atoms with E-state index in [0.29, 0.717) is 25.6 Å². The van der Waals surface area contributed by atoms with E-state index in [1.165, 1.54) is 6.07 Å². The van der Waals surface area contributed by atoms with E-state index in [9.17, 15) is 13.2 Å². The second-order valence-corrected chi connectivity index (χ2v) is 5.42. The molecule has 0 saturated heterocycles. The van der Waals surface area contributed by atoms with E-state index < -0.39 is 12.8 Å². The number of ether oxygens (including phenoxy) is 1. The molecule has 0 saturated carbocycles. The molecule has 1 aromatic carbocycles. The van der Waals surface area contributed by atoms with Gasteiger partial charge in [0.25, 0.3) is 0 Å². The van der Waals surface area contributed by atoms with Crippen molar-refractivity contribution in [2.45, 2.75) is 26.2 Å². The molecule has 0 unspecified atom stereocenters.